The first kappa shape index (κ1) is 14.4. The molecule has 112 valence electrons. The normalized spacial score (nSPS) is 10.6. The van der Waals surface area contributed by atoms with Crippen molar-refractivity contribution in [3.63, 3.8) is 0 Å². The van der Waals surface area contributed by atoms with Gasteiger partial charge in [0.1, 0.15) is 0 Å². The van der Waals surface area contributed by atoms with E-state index in [2.05, 4.69) is 35.4 Å². The van der Waals surface area contributed by atoms with Gasteiger partial charge in [-0.2, -0.15) is 0 Å². The summed E-state index contributed by atoms with van der Waals surface area (Å²) in [6.07, 6.45) is 2.71. The van der Waals surface area contributed by atoms with Gasteiger partial charge in [-0.05, 0) is 24.6 Å². The molecule has 4 nitrogen and oxygen atoms in total. The molecule has 2 aromatic heterocycles. The Balaban J connectivity index is 1.68. The number of thiophene rings is 1. The van der Waals surface area contributed by atoms with Crippen molar-refractivity contribution < 1.29 is 4.79 Å². The zero-order valence-electron chi connectivity index (χ0n) is 12.3. The van der Waals surface area contributed by atoms with Gasteiger partial charge in [0.15, 0.2) is 0 Å². The average molecular weight is 311 g/mol. The number of hydrazine groups is 1. The number of hydrogen-bond acceptors (Lipinski definition) is 3. The highest BCUT2D eigenvalue weighted by molar-refractivity contribution is 7.13. The van der Waals surface area contributed by atoms with Gasteiger partial charge in [-0.15, -0.1) is 11.3 Å². The van der Waals surface area contributed by atoms with E-state index < -0.39 is 0 Å². The van der Waals surface area contributed by atoms with E-state index in [0.717, 1.165) is 22.2 Å². The summed E-state index contributed by atoms with van der Waals surface area (Å²) >= 11 is 1.67. The number of amides is 1. The minimum atomic E-state index is -0.189. The van der Waals surface area contributed by atoms with E-state index in [-0.39, 0.29) is 5.91 Å². The van der Waals surface area contributed by atoms with Gasteiger partial charge >= 0.3 is 0 Å². The second-order valence-electron chi connectivity index (χ2n) is 4.93. The Hall–Kier alpha value is -2.53. The number of benzene rings is 1. The molecule has 1 aromatic carbocycles. The zero-order valence-corrected chi connectivity index (χ0v) is 13.1. The summed E-state index contributed by atoms with van der Waals surface area (Å²) < 4.78 is 0. The fraction of sp³-hybridized carbons (Fsp3) is 0.118. The van der Waals surface area contributed by atoms with Crippen molar-refractivity contribution in [1.82, 2.24) is 15.8 Å². The number of hydrogen-bond donors (Lipinski definition) is 3. The lowest BCUT2D eigenvalue weighted by molar-refractivity contribution is 0.0944. The van der Waals surface area contributed by atoms with Crippen molar-refractivity contribution in [2.24, 2.45) is 0 Å². The maximum atomic E-state index is 12.3. The molecule has 0 saturated carbocycles. The van der Waals surface area contributed by atoms with Gasteiger partial charge in [-0.1, -0.05) is 31.7 Å². The number of nitrogens with one attached hydrogen (secondary N) is 3. The van der Waals surface area contributed by atoms with Crippen LogP contribution in [0.25, 0.3) is 16.6 Å². The first-order valence-electron chi connectivity index (χ1n) is 7.09. The van der Waals surface area contributed by atoms with Crippen molar-refractivity contribution >= 4 is 33.8 Å². The molecule has 0 saturated heterocycles. The van der Waals surface area contributed by atoms with Crippen molar-refractivity contribution in [2.75, 3.05) is 0 Å². The topological polar surface area (TPSA) is 56.9 Å². The van der Waals surface area contributed by atoms with Crippen molar-refractivity contribution in [2.45, 2.75) is 13.3 Å². The fourth-order valence-electron chi connectivity index (χ4n) is 2.25. The minimum absolute atomic E-state index is 0.189. The van der Waals surface area contributed by atoms with Crippen LogP contribution in [0.4, 0.5) is 0 Å². The average Bonchev–Trinajstić information content (AvgIpc) is 3.18. The van der Waals surface area contributed by atoms with E-state index in [4.69, 9.17) is 0 Å². The third-order valence-corrected chi connectivity index (χ3v) is 4.76. The van der Waals surface area contributed by atoms with Crippen LogP contribution >= 0.6 is 11.3 Å². The molecule has 0 unspecified atom stereocenters. The Kier molecular flexibility index (Phi) is 3.98. The van der Waals surface area contributed by atoms with Crippen LogP contribution < -0.4 is 10.9 Å². The number of fused-ring (bicyclic) bond motifs is 1. The van der Waals surface area contributed by atoms with Gasteiger partial charge in [0.25, 0.3) is 5.91 Å². The first-order chi connectivity index (χ1) is 10.7. The maximum absolute atomic E-state index is 12.3. The second-order valence-corrected chi connectivity index (χ2v) is 6.09. The van der Waals surface area contributed by atoms with E-state index in [9.17, 15) is 4.79 Å². The third kappa shape index (κ3) is 2.76. The summed E-state index contributed by atoms with van der Waals surface area (Å²) in [4.78, 5) is 17.7. The molecule has 0 bridgehead atoms. The molecule has 0 aliphatic rings. The molecule has 0 aliphatic carbocycles. The lowest BCUT2D eigenvalue weighted by atomic mass is 10.2. The van der Waals surface area contributed by atoms with Gasteiger partial charge < -0.3 is 4.98 Å². The summed E-state index contributed by atoms with van der Waals surface area (Å²) in [5.74, 6) is -0.189. The predicted molar refractivity (Wildman–Crippen MR) is 91.6 cm³/mol. The quantitative estimate of drug-likeness (QED) is 0.629. The van der Waals surface area contributed by atoms with Crippen LogP contribution in [0.3, 0.4) is 0 Å². The molecule has 3 N–H and O–H groups in total. The Bertz CT molecular complexity index is 831. The van der Waals surface area contributed by atoms with Crippen LogP contribution in [0.15, 0.2) is 49.2 Å². The van der Waals surface area contributed by atoms with E-state index >= 15 is 0 Å². The molecule has 0 atom stereocenters. The summed E-state index contributed by atoms with van der Waals surface area (Å²) in [6.45, 7) is 6.08. The molecule has 22 heavy (non-hydrogen) atoms. The zero-order chi connectivity index (χ0) is 15.5. The molecule has 3 rings (SSSR count). The van der Waals surface area contributed by atoms with Crippen LogP contribution in [0.1, 0.15) is 27.0 Å². The van der Waals surface area contributed by atoms with Crippen LogP contribution in [0, 0.1) is 0 Å². The van der Waals surface area contributed by atoms with Gasteiger partial charge in [0.05, 0.1) is 16.1 Å². The smallest absolute Gasteiger partial charge is 0.271 e. The van der Waals surface area contributed by atoms with Crippen LogP contribution in [-0.4, -0.2) is 10.9 Å². The minimum Gasteiger partial charge on any atom is -0.360 e. The van der Waals surface area contributed by atoms with Gasteiger partial charge in [-0.25, -0.2) is 0 Å². The lowest BCUT2D eigenvalue weighted by Crippen LogP contribution is -2.35. The van der Waals surface area contributed by atoms with E-state index in [1.54, 1.807) is 17.5 Å². The molecule has 0 radical (unpaired) electrons. The highest BCUT2D eigenvalue weighted by Gasteiger charge is 2.12. The summed E-state index contributed by atoms with van der Waals surface area (Å²) in [7, 11) is 0. The number of aromatic amines is 1. The predicted octanol–water partition coefficient (Wildman–Crippen LogP) is 3.70. The van der Waals surface area contributed by atoms with Crippen LogP contribution in [0.5, 0.6) is 0 Å². The van der Waals surface area contributed by atoms with E-state index in [1.165, 1.54) is 4.88 Å². The highest BCUT2D eigenvalue weighted by Crippen LogP contribution is 2.22. The number of aryl methyl sites for hydroxylation is 1. The Morgan fingerprint density at radius 2 is 2.05 bits per heavy atom. The molecule has 2 heterocycles. The number of rotatable bonds is 5. The molecule has 1 amide bonds. The second kappa shape index (κ2) is 6.07. The Morgan fingerprint density at radius 3 is 2.82 bits per heavy atom. The molecule has 0 fully saturated rings. The van der Waals surface area contributed by atoms with Gasteiger partial charge in [0, 0.05) is 22.0 Å². The van der Waals surface area contributed by atoms with Crippen molar-refractivity contribution in [1.29, 1.82) is 0 Å². The SMILES string of the molecule is C=C(NNC(=O)c1c[nH]c2ccccc12)c1ccc(CC)s1. The number of carbonyl (C=O) groups excluding carboxylic acids is 1. The summed E-state index contributed by atoms with van der Waals surface area (Å²) in [6, 6.07) is 11.8. The van der Waals surface area contributed by atoms with Crippen molar-refractivity contribution in [3.05, 3.63) is 64.5 Å². The Labute approximate surface area is 132 Å². The molecule has 0 spiro atoms. The summed E-state index contributed by atoms with van der Waals surface area (Å²) in [5, 5.41) is 0.900. The third-order valence-electron chi connectivity index (χ3n) is 3.47. The maximum Gasteiger partial charge on any atom is 0.271 e. The van der Waals surface area contributed by atoms with Gasteiger partial charge in [0.2, 0.25) is 0 Å². The molecule has 5 heteroatoms. The summed E-state index contributed by atoms with van der Waals surface area (Å²) in [5.41, 5.74) is 7.83. The monoisotopic (exact) mass is 311 g/mol. The number of carbonyl (C=O) groups is 1. The number of aromatic nitrogens is 1. The largest absolute Gasteiger partial charge is 0.360 e. The number of para-hydroxylation sites is 1. The Morgan fingerprint density at radius 1 is 1.23 bits per heavy atom. The molecule has 0 aliphatic heterocycles. The van der Waals surface area contributed by atoms with E-state index in [1.807, 2.05) is 30.3 Å². The standard InChI is InChI=1S/C17H17N3OS/c1-3-12-8-9-16(22-12)11(2)19-20-17(21)14-10-18-15-7-5-4-6-13(14)15/h4-10,18-19H,2-3H2,1H3,(H,20,21). The molecular formula is C17H17N3OS. The highest BCUT2D eigenvalue weighted by atomic mass is 32.1. The van der Waals surface area contributed by atoms with E-state index in [0.29, 0.717) is 11.3 Å². The molecule has 3 aromatic rings. The fourth-order valence-corrected chi connectivity index (χ4v) is 3.12. The van der Waals surface area contributed by atoms with Crippen molar-refractivity contribution in [3.8, 4) is 0 Å². The number of H-pyrrole nitrogens is 1. The molecular weight excluding hydrogens is 294 g/mol. The van der Waals surface area contributed by atoms with Gasteiger partial charge in [-0.3, -0.25) is 15.6 Å². The van der Waals surface area contributed by atoms with Crippen LogP contribution in [0.2, 0.25) is 0 Å². The van der Waals surface area contributed by atoms with Crippen LogP contribution in [-0.2, 0) is 6.42 Å². The first-order valence-corrected chi connectivity index (χ1v) is 7.91. The lowest BCUT2D eigenvalue weighted by Gasteiger charge is -2.09.